The van der Waals surface area contributed by atoms with Gasteiger partial charge in [-0.25, -0.2) is 9.37 Å². The number of amides is 1. The van der Waals surface area contributed by atoms with Crippen LogP contribution < -0.4 is 10.1 Å². The van der Waals surface area contributed by atoms with Gasteiger partial charge in [0.15, 0.2) is 11.7 Å². The molecule has 1 aromatic heterocycles. The van der Waals surface area contributed by atoms with Crippen LogP contribution in [0.1, 0.15) is 17.9 Å². The minimum Gasteiger partial charge on any atom is -0.496 e. The summed E-state index contributed by atoms with van der Waals surface area (Å²) in [7, 11) is 1.59. The van der Waals surface area contributed by atoms with E-state index in [-0.39, 0.29) is 18.1 Å². The molecule has 3 rings (SSSR count). The lowest BCUT2D eigenvalue weighted by atomic mass is 10.2. The molecule has 0 bridgehead atoms. The predicted octanol–water partition coefficient (Wildman–Crippen LogP) is 3.74. The van der Waals surface area contributed by atoms with Crippen molar-refractivity contribution in [3.8, 4) is 17.1 Å². The van der Waals surface area contributed by atoms with Gasteiger partial charge < -0.3 is 14.5 Å². The zero-order valence-corrected chi connectivity index (χ0v) is 14.4. The highest BCUT2D eigenvalue weighted by Crippen LogP contribution is 2.23. The number of hydrogen-bond acceptors (Lipinski definition) is 4. The minimum absolute atomic E-state index is 0.124. The summed E-state index contributed by atoms with van der Waals surface area (Å²) in [5, 5.41) is 2.84. The summed E-state index contributed by atoms with van der Waals surface area (Å²) in [6, 6.07) is 13.8. The van der Waals surface area contributed by atoms with E-state index in [0.717, 1.165) is 11.3 Å². The zero-order valence-electron chi connectivity index (χ0n) is 14.4. The number of benzene rings is 2. The number of oxazole rings is 1. The van der Waals surface area contributed by atoms with E-state index in [0.29, 0.717) is 30.2 Å². The van der Waals surface area contributed by atoms with Crippen LogP contribution in [0.4, 0.5) is 4.39 Å². The Kier molecular flexibility index (Phi) is 5.63. The van der Waals surface area contributed by atoms with E-state index >= 15 is 0 Å². The number of methoxy groups -OCH3 is 1. The van der Waals surface area contributed by atoms with Crippen molar-refractivity contribution in [2.45, 2.75) is 19.4 Å². The van der Waals surface area contributed by atoms with Crippen LogP contribution >= 0.6 is 0 Å². The standard InChI is InChI=1S/C20H19FN2O3/c1-25-17-9-5-2-6-14(17)12-22-19(24)10-11-20-23-13-18(26-20)15-7-3-4-8-16(15)21/h2-9,13H,10-12H2,1H3,(H,22,24). The maximum Gasteiger partial charge on any atom is 0.220 e. The maximum absolute atomic E-state index is 13.8. The van der Waals surface area contributed by atoms with Crippen LogP contribution in [0, 0.1) is 5.82 Å². The fourth-order valence-electron chi connectivity index (χ4n) is 2.56. The van der Waals surface area contributed by atoms with E-state index < -0.39 is 0 Å². The maximum atomic E-state index is 13.8. The molecular weight excluding hydrogens is 335 g/mol. The van der Waals surface area contributed by atoms with Gasteiger partial charge in [0.1, 0.15) is 11.6 Å². The molecule has 0 aliphatic rings. The van der Waals surface area contributed by atoms with Gasteiger partial charge in [0.25, 0.3) is 0 Å². The highest BCUT2D eigenvalue weighted by molar-refractivity contribution is 5.76. The van der Waals surface area contributed by atoms with Crippen molar-refractivity contribution in [1.82, 2.24) is 10.3 Å². The molecule has 0 aliphatic carbocycles. The molecule has 0 fully saturated rings. The van der Waals surface area contributed by atoms with Crippen LogP contribution in [-0.2, 0) is 17.8 Å². The molecule has 2 aromatic carbocycles. The Hall–Kier alpha value is -3.15. The van der Waals surface area contributed by atoms with Crippen LogP contribution in [0.25, 0.3) is 11.3 Å². The SMILES string of the molecule is COc1ccccc1CNC(=O)CCc1ncc(-c2ccccc2F)o1. The number of nitrogens with zero attached hydrogens (tertiary/aromatic N) is 1. The number of hydrogen-bond donors (Lipinski definition) is 1. The molecule has 6 heteroatoms. The van der Waals surface area contributed by atoms with Crippen LogP contribution in [0.2, 0.25) is 0 Å². The van der Waals surface area contributed by atoms with E-state index in [1.807, 2.05) is 24.3 Å². The molecule has 0 unspecified atom stereocenters. The number of aromatic nitrogens is 1. The summed E-state index contributed by atoms with van der Waals surface area (Å²) in [5.41, 5.74) is 1.26. The summed E-state index contributed by atoms with van der Waals surface area (Å²) >= 11 is 0. The second-order valence-corrected chi connectivity index (χ2v) is 5.69. The van der Waals surface area contributed by atoms with Crippen molar-refractivity contribution >= 4 is 5.91 Å². The van der Waals surface area contributed by atoms with Crippen LogP contribution in [0.15, 0.2) is 59.1 Å². The van der Waals surface area contributed by atoms with Gasteiger partial charge >= 0.3 is 0 Å². The van der Waals surface area contributed by atoms with Gasteiger partial charge in [-0.1, -0.05) is 30.3 Å². The third-order valence-electron chi connectivity index (χ3n) is 3.93. The third kappa shape index (κ3) is 4.27. The lowest BCUT2D eigenvalue weighted by Gasteiger charge is -2.09. The van der Waals surface area contributed by atoms with Crippen LogP contribution in [-0.4, -0.2) is 18.0 Å². The van der Waals surface area contributed by atoms with E-state index in [1.54, 1.807) is 25.3 Å². The normalized spacial score (nSPS) is 10.5. The first-order valence-electron chi connectivity index (χ1n) is 8.25. The van der Waals surface area contributed by atoms with Crippen molar-refractivity contribution in [2.75, 3.05) is 7.11 Å². The number of carbonyl (C=O) groups excluding carboxylic acids is 1. The van der Waals surface area contributed by atoms with Gasteiger partial charge in [-0.05, 0) is 18.2 Å². The summed E-state index contributed by atoms with van der Waals surface area (Å²) in [6.07, 6.45) is 2.04. The van der Waals surface area contributed by atoms with Crippen molar-refractivity contribution in [2.24, 2.45) is 0 Å². The Bertz CT molecular complexity index is 892. The second-order valence-electron chi connectivity index (χ2n) is 5.69. The lowest BCUT2D eigenvalue weighted by Crippen LogP contribution is -2.23. The molecule has 0 saturated carbocycles. The predicted molar refractivity (Wildman–Crippen MR) is 95.1 cm³/mol. The molecule has 1 amide bonds. The Labute approximate surface area is 150 Å². The summed E-state index contributed by atoms with van der Waals surface area (Å²) in [5.74, 6) is 0.990. The van der Waals surface area contributed by atoms with Gasteiger partial charge in [0.2, 0.25) is 5.91 Å². The average molecular weight is 354 g/mol. The number of ether oxygens (including phenoxy) is 1. The van der Waals surface area contributed by atoms with Crippen molar-refractivity contribution in [3.63, 3.8) is 0 Å². The van der Waals surface area contributed by atoms with Gasteiger partial charge in [0.05, 0.1) is 18.9 Å². The highest BCUT2D eigenvalue weighted by Gasteiger charge is 2.12. The number of aryl methyl sites for hydroxylation is 1. The van der Waals surface area contributed by atoms with E-state index in [2.05, 4.69) is 10.3 Å². The Morgan fingerprint density at radius 1 is 1.19 bits per heavy atom. The van der Waals surface area contributed by atoms with Gasteiger partial charge in [-0.2, -0.15) is 0 Å². The topological polar surface area (TPSA) is 64.4 Å². The third-order valence-corrected chi connectivity index (χ3v) is 3.93. The van der Waals surface area contributed by atoms with E-state index in [1.165, 1.54) is 12.3 Å². The molecule has 5 nitrogen and oxygen atoms in total. The Morgan fingerprint density at radius 2 is 1.96 bits per heavy atom. The van der Waals surface area contributed by atoms with Gasteiger partial charge in [0, 0.05) is 24.9 Å². The van der Waals surface area contributed by atoms with Crippen molar-refractivity contribution in [1.29, 1.82) is 0 Å². The molecule has 0 aliphatic heterocycles. The second kappa shape index (κ2) is 8.29. The Morgan fingerprint density at radius 3 is 2.77 bits per heavy atom. The zero-order chi connectivity index (χ0) is 18.4. The first-order valence-corrected chi connectivity index (χ1v) is 8.25. The minimum atomic E-state index is -0.371. The molecule has 0 atom stereocenters. The largest absolute Gasteiger partial charge is 0.496 e. The summed E-state index contributed by atoms with van der Waals surface area (Å²) < 4.78 is 24.6. The lowest BCUT2D eigenvalue weighted by molar-refractivity contribution is -0.121. The number of halogens is 1. The molecule has 1 N–H and O–H groups in total. The fraction of sp³-hybridized carbons (Fsp3) is 0.200. The van der Waals surface area contributed by atoms with Gasteiger partial charge in [-0.15, -0.1) is 0 Å². The number of rotatable bonds is 7. The highest BCUT2D eigenvalue weighted by atomic mass is 19.1. The van der Waals surface area contributed by atoms with E-state index in [4.69, 9.17) is 9.15 Å². The van der Waals surface area contributed by atoms with Crippen LogP contribution in [0.5, 0.6) is 5.75 Å². The molecule has 0 spiro atoms. The smallest absolute Gasteiger partial charge is 0.220 e. The first kappa shape index (κ1) is 17.7. The summed E-state index contributed by atoms with van der Waals surface area (Å²) in [6.45, 7) is 0.384. The van der Waals surface area contributed by atoms with Gasteiger partial charge in [-0.3, -0.25) is 4.79 Å². The molecule has 0 radical (unpaired) electrons. The fourth-order valence-corrected chi connectivity index (χ4v) is 2.56. The molecule has 0 saturated heterocycles. The Balaban J connectivity index is 1.53. The number of nitrogens with one attached hydrogen (secondary N) is 1. The quantitative estimate of drug-likeness (QED) is 0.702. The molecule has 3 aromatic rings. The van der Waals surface area contributed by atoms with Crippen molar-refractivity contribution < 1.29 is 18.3 Å². The number of carbonyl (C=O) groups is 1. The molecule has 26 heavy (non-hydrogen) atoms. The summed E-state index contributed by atoms with van der Waals surface area (Å²) in [4.78, 5) is 16.2. The van der Waals surface area contributed by atoms with Crippen molar-refractivity contribution in [3.05, 3.63) is 72.0 Å². The van der Waals surface area contributed by atoms with E-state index in [9.17, 15) is 9.18 Å². The monoisotopic (exact) mass is 354 g/mol. The van der Waals surface area contributed by atoms with Crippen LogP contribution in [0.3, 0.4) is 0 Å². The first-order chi connectivity index (χ1) is 12.7. The molecule has 1 heterocycles. The average Bonchev–Trinajstić information content (AvgIpc) is 3.14. The molecule has 134 valence electrons. The molecular formula is C20H19FN2O3. The number of para-hydroxylation sites is 1.